The van der Waals surface area contributed by atoms with E-state index in [4.69, 9.17) is 9.47 Å². The van der Waals surface area contributed by atoms with Crippen molar-refractivity contribution in [1.29, 1.82) is 0 Å². The highest BCUT2D eigenvalue weighted by Gasteiger charge is 2.37. The molecule has 2 rings (SSSR count). The van der Waals surface area contributed by atoms with Crippen molar-refractivity contribution >= 4 is 0 Å². The van der Waals surface area contributed by atoms with Gasteiger partial charge in [0.05, 0.1) is 24.4 Å². The molecule has 0 spiro atoms. The summed E-state index contributed by atoms with van der Waals surface area (Å²) in [5.74, 6) is 0. The Morgan fingerprint density at radius 1 is 1.30 bits per heavy atom. The first-order valence-electron chi connectivity index (χ1n) is 7.10. The second kappa shape index (κ2) is 6.08. The zero-order chi connectivity index (χ0) is 14.6. The fourth-order valence-corrected chi connectivity index (χ4v) is 2.22. The van der Waals surface area contributed by atoms with Crippen LogP contribution in [0, 0.1) is 0 Å². The smallest absolute Gasteiger partial charge is 0.105 e. The molecule has 0 saturated heterocycles. The van der Waals surface area contributed by atoms with Crippen molar-refractivity contribution in [2.45, 2.75) is 51.1 Å². The summed E-state index contributed by atoms with van der Waals surface area (Å²) in [5, 5.41) is 9.96. The fraction of sp³-hybridized carbons (Fsp3) is 0.529. The Bertz CT molecular complexity index is 447. The van der Waals surface area contributed by atoms with Crippen LogP contribution in [0.2, 0.25) is 0 Å². The van der Waals surface area contributed by atoms with E-state index in [9.17, 15) is 5.11 Å². The third kappa shape index (κ3) is 4.17. The SMILES string of the molecule is CC(C)(O)[C@@H]1C=C[C@](C)(CCOCc2ccccc2)O1. The molecule has 1 aliphatic rings. The van der Waals surface area contributed by atoms with Crippen molar-refractivity contribution in [1.82, 2.24) is 0 Å². The molecule has 20 heavy (non-hydrogen) atoms. The zero-order valence-corrected chi connectivity index (χ0v) is 12.5. The van der Waals surface area contributed by atoms with Crippen molar-refractivity contribution in [3.8, 4) is 0 Å². The molecule has 1 aromatic rings. The Labute approximate surface area is 121 Å². The maximum absolute atomic E-state index is 9.96. The Morgan fingerprint density at radius 3 is 2.60 bits per heavy atom. The van der Waals surface area contributed by atoms with Gasteiger partial charge in [-0.25, -0.2) is 0 Å². The van der Waals surface area contributed by atoms with Crippen LogP contribution in [0.25, 0.3) is 0 Å². The highest BCUT2D eigenvalue weighted by Crippen LogP contribution is 2.31. The van der Waals surface area contributed by atoms with Crippen LogP contribution in [0.3, 0.4) is 0 Å². The Morgan fingerprint density at radius 2 is 2.00 bits per heavy atom. The van der Waals surface area contributed by atoms with Crippen molar-refractivity contribution in [3.05, 3.63) is 48.0 Å². The van der Waals surface area contributed by atoms with E-state index in [0.717, 1.165) is 6.42 Å². The minimum Gasteiger partial charge on any atom is -0.387 e. The van der Waals surface area contributed by atoms with Crippen LogP contribution in [0.1, 0.15) is 32.8 Å². The largest absolute Gasteiger partial charge is 0.387 e. The molecule has 0 bridgehead atoms. The van der Waals surface area contributed by atoms with Crippen molar-refractivity contribution in [3.63, 3.8) is 0 Å². The van der Waals surface area contributed by atoms with Crippen molar-refractivity contribution < 1.29 is 14.6 Å². The first kappa shape index (κ1) is 15.2. The monoisotopic (exact) mass is 276 g/mol. The van der Waals surface area contributed by atoms with Gasteiger partial charge in [-0.3, -0.25) is 0 Å². The molecule has 1 aliphatic heterocycles. The third-order valence-electron chi connectivity index (χ3n) is 3.57. The Kier molecular flexibility index (Phi) is 4.63. The van der Waals surface area contributed by atoms with Crippen LogP contribution in [0.15, 0.2) is 42.5 Å². The molecule has 3 nitrogen and oxygen atoms in total. The molecule has 0 amide bonds. The summed E-state index contributed by atoms with van der Waals surface area (Å²) in [6.45, 7) is 6.81. The molecule has 0 aromatic heterocycles. The number of rotatable bonds is 6. The van der Waals surface area contributed by atoms with Crippen LogP contribution in [-0.4, -0.2) is 29.0 Å². The number of benzene rings is 1. The lowest BCUT2D eigenvalue weighted by atomic mass is 10.0. The van der Waals surface area contributed by atoms with Gasteiger partial charge in [-0.1, -0.05) is 42.5 Å². The normalized spacial score (nSPS) is 26.1. The second-order valence-corrected chi connectivity index (χ2v) is 6.15. The molecule has 110 valence electrons. The summed E-state index contributed by atoms with van der Waals surface area (Å²) in [4.78, 5) is 0. The summed E-state index contributed by atoms with van der Waals surface area (Å²) in [6.07, 6.45) is 4.50. The number of aliphatic hydroxyl groups is 1. The minimum absolute atomic E-state index is 0.248. The molecule has 3 heteroatoms. The van der Waals surface area contributed by atoms with Gasteiger partial charge in [0.1, 0.15) is 6.10 Å². The highest BCUT2D eigenvalue weighted by molar-refractivity contribution is 5.14. The van der Waals surface area contributed by atoms with E-state index >= 15 is 0 Å². The molecule has 2 atom stereocenters. The fourth-order valence-electron chi connectivity index (χ4n) is 2.22. The first-order valence-corrected chi connectivity index (χ1v) is 7.10. The maximum Gasteiger partial charge on any atom is 0.105 e. The summed E-state index contributed by atoms with van der Waals surface area (Å²) in [7, 11) is 0. The average Bonchev–Trinajstić information content (AvgIpc) is 2.79. The molecule has 0 aliphatic carbocycles. The topological polar surface area (TPSA) is 38.7 Å². The van der Waals surface area contributed by atoms with E-state index in [1.54, 1.807) is 13.8 Å². The van der Waals surface area contributed by atoms with E-state index in [1.165, 1.54) is 5.56 Å². The highest BCUT2D eigenvalue weighted by atomic mass is 16.5. The van der Waals surface area contributed by atoms with E-state index in [1.807, 2.05) is 37.3 Å². The first-order chi connectivity index (χ1) is 9.39. The molecular formula is C17H24O3. The van der Waals surface area contributed by atoms with Gasteiger partial charge in [-0.2, -0.15) is 0 Å². The Hall–Kier alpha value is -1.16. The van der Waals surface area contributed by atoms with Crippen LogP contribution in [0.4, 0.5) is 0 Å². The Balaban J connectivity index is 1.74. The predicted octanol–water partition coefficient (Wildman–Crippen LogP) is 3.08. The maximum atomic E-state index is 9.96. The van der Waals surface area contributed by atoms with E-state index in [0.29, 0.717) is 13.2 Å². The van der Waals surface area contributed by atoms with Gasteiger partial charge in [0.15, 0.2) is 0 Å². The summed E-state index contributed by atoms with van der Waals surface area (Å²) in [5.41, 5.74) is -0.0181. The van der Waals surface area contributed by atoms with Gasteiger partial charge in [0.25, 0.3) is 0 Å². The molecule has 1 heterocycles. The quantitative estimate of drug-likeness (QED) is 0.641. The van der Waals surface area contributed by atoms with Crippen molar-refractivity contribution in [2.24, 2.45) is 0 Å². The zero-order valence-electron chi connectivity index (χ0n) is 12.5. The number of hydrogen-bond acceptors (Lipinski definition) is 3. The molecule has 0 unspecified atom stereocenters. The lowest BCUT2D eigenvalue weighted by molar-refractivity contribution is -0.111. The average molecular weight is 276 g/mol. The third-order valence-corrected chi connectivity index (χ3v) is 3.57. The second-order valence-electron chi connectivity index (χ2n) is 6.15. The number of hydrogen-bond donors (Lipinski definition) is 1. The molecule has 0 fully saturated rings. The number of ether oxygens (including phenoxy) is 2. The van der Waals surface area contributed by atoms with Crippen LogP contribution in [-0.2, 0) is 16.1 Å². The summed E-state index contributed by atoms with van der Waals surface area (Å²) >= 11 is 0. The summed E-state index contributed by atoms with van der Waals surface area (Å²) < 4.78 is 11.6. The lowest BCUT2D eigenvalue weighted by Gasteiger charge is -2.30. The lowest BCUT2D eigenvalue weighted by Crippen LogP contribution is -2.39. The van der Waals surface area contributed by atoms with Gasteiger partial charge in [-0.15, -0.1) is 0 Å². The van der Waals surface area contributed by atoms with E-state index in [-0.39, 0.29) is 11.7 Å². The van der Waals surface area contributed by atoms with Gasteiger partial charge < -0.3 is 14.6 Å². The van der Waals surface area contributed by atoms with E-state index in [2.05, 4.69) is 12.1 Å². The predicted molar refractivity (Wildman–Crippen MR) is 79.4 cm³/mol. The van der Waals surface area contributed by atoms with Crippen LogP contribution >= 0.6 is 0 Å². The van der Waals surface area contributed by atoms with Crippen molar-refractivity contribution in [2.75, 3.05) is 6.61 Å². The van der Waals surface area contributed by atoms with Crippen LogP contribution in [0.5, 0.6) is 0 Å². The molecule has 1 N–H and O–H groups in total. The van der Waals surface area contributed by atoms with Gasteiger partial charge in [-0.05, 0) is 26.3 Å². The standard InChI is InChI=1S/C17H24O3/c1-16(2,18)15-9-10-17(3,20-15)11-12-19-13-14-7-5-4-6-8-14/h4-10,15,18H,11-13H2,1-3H3/t15-,17+/m0/s1. The van der Waals surface area contributed by atoms with Gasteiger partial charge >= 0.3 is 0 Å². The van der Waals surface area contributed by atoms with E-state index < -0.39 is 5.60 Å². The molecule has 0 radical (unpaired) electrons. The molecule has 0 saturated carbocycles. The van der Waals surface area contributed by atoms with Gasteiger partial charge in [0, 0.05) is 6.42 Å². The molecule has 1 aromatic carbocycles. The molecular weight excluding hydrogens is 252 g/mol. The van der Waals surface area contributed by atoms with Crippen LogP contribution < -0.4 is 0 Å². The summed E-state index contributed by atoms with van der Waals surface area (Å²) in [6, 6.07) is 10.1. The van der Waals surface area contributed by atoms with Gasteiger partial charge in [0.2, 0.25) is 0 Å². The minimum atomic E-state index is -0.848.